The molecule has 0 aliphatic heterocycles. The summed E-state index contributed by atoms with van der Waals surface area (Å²) in [4.78, 5) is 12.1. The number of hydrogen-bond donors (Lipinski definition) is 1. The van der Waals surface area contributed by atoms with Crippen molar-refractivity contribution in [2.75, 3.05) is 5.32 Å². The van der Waals surface area contributed by atoms with Gasteiger partial charge in [-0.2, -0.15) is 0 Å². The van der Waals surface area contributed by atoms with Gasteiger partial charge in [-0.05, 0) is 58.8 Å². The maximum Gasteiger partial charge on any atom is 0.228 e. The third-order valence-electron chi connectivity index (χ3n) is 3.80. The Morgan fingerprint density at radius 2 is 2.17 bits per heavy atom. The Labute approximate surface area is 113 Å². The summed E-state index contributed by atoms with van der Waals surface area (Å²) in [6.07, 6.45) is 6.41. The molecule has 3 rings (SSSR count). The van der Waals surface area contributed by atoms with Crippen molar-refractivity contribution >= 4 is 27.5 Å². The molecule has 4 heteroatoms. The third kappa shape index (κ3) is 2.09. The monoisotopic (exact) mass is 309 g/mol. The molecule has 18 heavy (non-hydrogen) atoms. The van der Waals surface area contributed by atoms with Crippen molar-refractivity contribution in [2.45, 2.75) is 12.8 Å². The second-order valence-electron chi connectivity index (χ2n) is 5.00. The number of allylic oxidation sites excluding steroid dienone is 2. The minimum absolute atomic E-state index is 0.0466. The topological polar surface area (TPSA) is 29.1 Å². The van der Waals surface area contributed by atoms with E-state index in [1.807, 2.05) is 0 Å². The van der Waals surface area contributed by atoms with Crippen LogP contribution in [0.1, 0.15) is 12.8 Å². The van der Waals surface area contributed by atoms with Crippen molar-refractivity contribution in [1.29, 1.82) is 0 Å². The van der Waals surface area contributed by atoms with Gasteiger partial charge in [-0.3, -0.25) is 4.79 Å². The minimum atomic E-state index is -0.323. The van der Waals surface area contributed by atoms with Crippen LogP contribution in [-0.2, 0) is 4.79 Å². The van der Waals surface area contributed by atoms with E-state index in [0.717, 1.165) is 12.8 Å². The number of benzene rings is 1. The van der Waals surface area contributed by atoms with Gasteiger partial charge in [0.2, 0.25) is 5.91 Å². The number of hydrogen-bond acceptors (Lipinski definition) is 1. The number of rotatable bonds is 2. The second kappa shape index (κ2) is 4.50. The number of carbonyl (C=O) groups is 1. The lowest BCUT2D eigenvalue weighted by Gasteiger charge is -2.17. The number of amides is 1. The molecule has 0 heterocycles. The van der Waals surface area contributed by atoms with E-state index in [-0.39, 0.29) is 17.6 Å². The smallest absolute Gasteiger partial charge is 0.228 e. The molecule has 94 valence electrons. The molecule has 1 aromatic carbocycles. The molecule has 0 radical (unpaired) electrons. The van der Waals surface area contributed by atoms with Crippen LogP contribution in [0.5, 0.6) is 0 Å². The van der Waals surface area contributed by atoms with Crippen molar-refractivity contribution < 1.29 is 9.18 Å². The fourth-order valence-electron chi connectivity index (χ4n) is 2.89. The van der Waals surface area contributed by atoms with Gasteiger partial charge < -0.3 is 5.32 Å². The predicted octanol–water partition coefficient (Wildman–Crippen LogP) is 3.74. The molecule has 0 spiro atoms. The van der Waals surface area contributed by atoms with Crippen molar-refractivity contribution in [3.8, 4) is 0 Å². The Bertz CT molecular complexity index is 529. The van der Waals surface area contributed by atoms with Crippen LogP contribution < -0.4 is 5.32 Å². The van der Waals surface area contributed by atoms with E-state index in [9.17, 15) is 9.18 Å². The highest BCUT2D eigenvalue weighted by atomic mass is 79.9. The zero-order valence-corrected chi connectivity index (χ0v) is 11.3. The summed E-state index contributed by atoms with van der Waals surface area (Å²) in [5, 5.41) is 2.87. The Morgan fingerprint density at radius 3 is 2.78 bits per heavy atom. The molecule has 1 N–H and O–H groups in total. The lowest BCUT2D eigenvalue weighted by Crippen LogP contribution is -2.25. The maximum absolute atomic E-state index is 13.1. The largest absolute Gasteiger partial charge is 0.326 e. The normalized spacial score (nSPS) is 28.7. The van der Waals surface area contributed by atoms with E-state index in [4.69, 9.17) is 0 Å². The molecule has 2 aliphatic carbocycles. The molecule has 2 nitrogen and oxygen atoms in total. The van der Waals surface area contributed by atoms with Gasteiger partial charge in [-0.25, -0.2) is 4.39 Å². The quantitative estimate of drug-likeness (QED) is 0.828. The SMILES string of the molecule is O=C(Nc1ccc(F)c(Br)c1)C1CC2C=CC1C2. The highest BCUT2D eigenvalue weighted by Gasteiger charge is 2.39. The average molecular weight is 310 g/mol. The molecule has 1 saturated carbocycles. The van der Waals surface area contributed by atoms with Crippen LogP contribution in [0, 0.1) is 23.6 Å². The molecule has 0 aromatic heterocycles. The van der Waals surface area contributed by atoms with E-state index in [2.05, 4.69) is 33.4 Å². The highest BCUT2D eigenvalue weighted by molar-refractivity contribution is 9.10. The van der Waals surface area contributed by atoms with Gasteiger partial charge in [0.15, 0.2) is 0 Å². The first kappa shape index (κ1) is 11.9. The molecule has 0 saturated heterocycles. The van der Waals surface area contributed by atoms with E-state index >= 15 is 0 Å². The van der Waals surface area contributed by atoms with Crippen molar-refractivity contribution in [3.05, 3.63) is 40.6 Å². The Balaban J connectivity index is 1.71. The van der Waals surface area contributed by atoms with Gasteiger partial charge in [0, 0.05) is 11.6 Å². The van der Waals surface area contributed by atoms with Crippen LogP contribution in [0.4, 0.5) is 10.1 Å². The fourth-order valence-corrected chi connectivity index (χ4v) is 3.27. The number of fused-ring (bicyclic) bond motifs is 2. The first-order valence-electron chi connectivity index (χ1n) is 6.08. The van der Waals surface area contributed by atoms with E-state index < -0.39 is 0 Å². The van der Waals surface area contributed by atoms with Gasteiger partial charge in [0.25, 0.3) is 0 Å². The van der Waals surface area contributed by atoms with E-state index in [1.165, 1.54) is 6.07 Å². The Kier molecular flexibility index (Phi) is 2.98. The van der Waals surface area contributed by atoms with E-state index in [0.29, 0.717) is 22.0 Å². The summed E-state index contributed by atoms with van der Waals surface area (Å²) in [5.74, 6) is 0.759. The molecule has 1 aromatic rings. The fraction of sp³-hybridized carbons (Fsp3) is 0.357. The van der Waals surface area contributed by atoms with Crippen LogP contribution in [0.15, 0.2) is 34.8 Å². The van der Waals surface area contributed by atoms with Crippen LogP contribution in [0.25, 0.3) is 0 Å². The summed E-state index contributed by atoms with van der Waals surface area (Å²) in [6.45, 7) is 0. The van der Waals surface area contributed by atoms with Crippen molar-refractivity contribution in [3.63, 3.8) is 0 Å². The summed E-state index contributed by atoms with van der Waals surface area (Å²) in [7, 11) is 0. The summed E-state index contributed by atoms with van der Waals surface area (Å²) < 4.78 is 13.5. The second-order valence-corrected chi connectivity index (χ2v) is 5.86. The maximum atomic E-state index is 13.1. The number of carbonyl (C=O) groups excluding carboxylic acids is 1. The zero-order valence-electron chi connectivity index (χ0n) is 9.70. The van der Waals surface area contributed by atoms with Crippen LogP contribution >= 0.6 is 15.9 Å². The van der Waals surface area contributed by atoms with Gasteiger partial charge in [-0.15, -0.1) is 0 Å². The van der Waals surface area contributed by atoms with Crippen molar-refractivity contribution in [1.82, 2.24) is 0 Å². The highest BCUT2D eigenvalue weighted by Crippen LogP contribution is 2.43. The summed E-state index contributed by atoms with van der Waals surface area (Å²) >= 11 is 3.11. The predicted molar refractivity (Wildman–Crippen MR) is 71.6 cm³/mol. The molecule has 3 unspecified atom stereocenters. The number of halogens is 2. The summed E-state index contributed by atoms with van der Waals surface area (Å²) in [6, 6.07) is 4.53. The van der Waals surface area contributed by atoms with Crippen LogP contribution in [-0.4, -0.2) is 5.91 Å². The van der Waals surface area contributed by atoms with Gasteiger partial charge in [-0.1, -0.05) is 12.2 Å². The molecule has 2 bridgehead atoms. The van der Waals surface area contributed by atoms with Gasteiger partial charge in [0.1, 0.15) is 5.82 Å². The summed E-state index contributed by atoms with van der Waals surface area (Å²) in [5.41, 5.74) is 0.639. The minimum Gasteiger partial charge on any atom is -0.326 e. The molecular formula is C14H13BrFNO. The lowest BCUT2D eigenvalue weighted by molar-refractivity contribution is -0.120. The first-order valence-corrected chi connectivity index (χ1v) is 6.87. The van der Waals surface area contributed by atoms with Gasteiger partial charge in [0.05, 0.1) is 4.47 Å². The standard InChI is InChI=1S/C14H13BrFNO/c15-12-7-10(3-4-13(12)16)17-14(18)11-6-8-1-2-9(11)5-8/h1-4,7-9,11H,5-6H2,(H,17,18). The van der Waals surface area contributed by atoms with Gasteiger partial charge >= 0.3 is 0 Å². The first-order chi connectivity index (χ1) is 8.63. The molecule has 2 aliphatic rings. The Morgan fingerprint density at radius 1 is 1.33 bits per heavy atom. The van der Waals surface area contributed by atoms with E-state index in [1.54, 1.807) is 12.1 Å². The lowest BCUT2D eigenvalue weighted by atomic mass is 9.93. The molecule has 3 atom stereocenters. The third-order valence-corrected chi connectivity index (χ3v) is 4.41. The van der Waals surface area contributed by atoms with Crippen LogP contribution in [0.3, 0.4) is 0 Å². The zero-order chi connectivity index (χ0) is 12.7. The number of nitrogens with one attached hydrogen (secondary N) is 1. The van der Waals surface area contributed by atoms with Crippen molar-refractivity contribution in [2.24, 2.45) is 17.8 Å². The Hall–Kier alpha value is -1.16. The van der Waals surface area contributed by atoms with Crippen LogP contribution in [0.2, 0.25) is 0 Å². The average Bonchev–Trinajstić information content (AvgIpc) is 2.96. The molecule has 1 amide bonds. The molecular weight excluding hydrogens is 297 g/mol. The number of anilines is 1. The molecule has 1 fully saturated rings.